The molecule has 0 spiro atoms. The third kappa shape index (κ3) is 4.15. The topological polar surface area (TPSA) is 32.8 Å². The van der Waals surface area contributed by atoms with Gasteiger partial charge in [-0.05, 0) is 62.2 Å². The molecule has 0 unspecified atom stereocenters. The molecule has 1 aliphatic heterocycles. The van der Waals surface area contributed by atoms with Gasteiger partial charge in [-0.2, -0.15) is 0 Å². The van der Waals surface area contributed by atoms with Gasteiger partial charge in [-0.1, -0.05) is 6.07 Å². The fraction of sp³-hybridized carbons (Fsp3) is 0.381. The number of hydrogen-bond donors (Lipinski definition) is 0. The van der Waals surface area contributed by atoms with Crippen molar-refractivity contribution in [1.82, 2.24) is 4.90 Å². The number of hydrogen-bond acceptors (Lipinski definition) is 3. The molecule has 0 aliphatic carbocycles. The maximum atomic E-state index is 13.1. The molecule has 2 aromatic rings. The maximum Gasteiger partial charge on any atom is 0.254 e. The quantitative estimate of drug-likeness (QED) is 0.833. The van der Waals surface area contributed by atoms with E-state index in [0.29, 0.717) is 25.3 Å². The monoisotopic (exact) mass is 356 g/mol. The average Bonchev–Trinajstić information content (AvgIpc) is 2.90. The number of halogens is 1. The third-order valence-corrected chi connectivity index (χ3v) is 4.71. The minimum absolute atomic E-state index is 0.0342. The third-order valence-electron chi connectivity index (χ3n) is 4.71. The summed E-state index contributed by atoms with van der Waals surface area (Å²) in [5.74, 6) is 0.567. The van der Waals surface area contributed by atoms with Crippen LogP contribution in [0.25, 0.3) is 0 Å². The smallest absolute Gasteiger partial charge is 0.254 e. The minimum atomic E-state index is -0.232. The van der Waals surface area contributed by atoms with Crippen molar-refractivity contribution in [2.75, 3.05) is 37.7 Å². The first-order chi connectivity index (χ1) is 12.6. The molecule has 0 aromatic heterocycles. The van der Waals surface area contributed by atoms with Crippen molar-refractivity contribution in [1.29, 1.82) is 0 Å². The zero-order valence-corrected chi connectivity index (χ0v) is 15.4. The molecule has 1 saturated heterocycles. The normalized spacial score (nSPS) is 14.9. The van der Waals surface area contributed by atoms with Crippen LogP contribution in [0.1, 0.15) is 29.3 Å². The molecule has 4 nitrogen and oxygen atoms in total. The summed E-state index contributed by atoms with van der Waals surface area (Å²) in [6, 6.07) is 12.2. The number of ether oxygens (including phenoxy) is 1. The average molecular weight is 356 g/mol. The number of anilines is 1. The van der Waals surface area contributed by atoms with E-state index in [4.69, 9.17) is 4.74 Å². The number of carbonyl (C=O) groups excluding carboxylic acids is 1. The largest absolute Gasteiger partial charge is 0.494 e. The molecule has 1 amide bonds. The number of carbonyl (C=O) groups is 1. The standard InChI is InChI=1S/C21H25FN2O2/c1-3-26-20-15-17(6-5-16(20)2)21(25)24-12-4-11-23(13-14-24)19-9-7-18(22)8-10-19/h5-10,15H,3-4,11-14H2,1-2H3. The second-order valence-corrected chi connectivity index (χ2v) is 6.52. The highest BCUT2D eigenvalue weighted by molar-refractivity contribution is 5.94. The van der Waals surface area contributed by atoms with Crippen molar-refractivity contribution in [3.05, 3.63) is 59.4 Å². The van der Waals surface area contributed by atoms with Gasteiger partial charge < -0.3 is 14.5 Å². The number of aryl methyl sites for hydroxylation is 1. The summed E-state index contributed by atoms with van der Waals surface area (Å²) >= 11 is 0. The van der Waals surface area contributed by atoms with Crippen LogP contribution in [0.4, 0.5) is 10.1 Å². The molecule has 26 heavy (non-hydrogen) atoms. The fourth-order valence-corrected chi connectivity index (χ4v) is 3.26. The van der Waals surface area contributed by atoms with Crippen LogP contribution in [0.5, 0.6) is 5.75 Å². The molecule has 5 heteroatoms. The number of nitrogens with zero attached hydrogens (tertiary/aromatic N) is 2. The van der Waals surface area contributed by atoms with Gasteiger partial charge in [0.15, 0.2) is 0 Å². The lowest BCUT2D eigenvalue weighted by Gasteiger charge is -2.24. The van der Waals surface area contributed by atoms with Gasteiger partial charge in [0.05, 0.1) is 6.61 Å². The van der Waals surface area contributed by atoms with Crippen LogP contribution in [0, 0.1) is 12.7 Å². The summed E-state index contributed by atoms with van der Waals surface area (Å²) in [5.41, 5.74) is 2.69. The Hall–Kier alpha value is -2.56. The van der Waals surface area contributed by atoms with Gasteiger partial charge in [-0.15, -0.1) is 0 Å². The molecule has 1 heterocycles. The number of benzene rings is 2. The second-order valence-electron chi connectivity index (χ2n) is 6.52. The van der Waals surface area contributed by atoms with E-state index in [2.05, 4.69) is 4.90 Å². The van der Waals surface area contributed by atoms with E-state index in [9.17, 15) is 9.18 Å². The van der Waals surface area contributed by atoms with E-state index < -0.39 is 0 Å². The van der Waals surface area contributed by atoms with Gasteiger partial charge in [-0.3, -0.25) is 4.79 Å². The molecular weight excluding hydrogens is 331 g/mol. The molecule has 1 fully saturated rings. The highest BCUT2D eigenvalue weighted by Gasteiger charge is 2.21. The van der Waals surface area contributed by atoms with E-state index in [0.717, 1.165) is 36.5 Å². The van der Waals surface area contributed by atoms with E-state index in [1.807, 2.05) is 36.9 Å². The summed E-state index contributed by atoms with van der Waals surface area (Å²) < 4.78 is 18.7. The molecule has 3 rings (SSSR count). The molecule has 0 bridgehead atoms. The molecule has 0 radical (unpaired) electrons. The molecule has 0 saturated carbocycles. The molecular formula is C21H25FN2O2. The summed E-state index contributed by atoms with van der Waals surface area (Å²) in [6.07, 6.45) is 0.882. The van der Waals surface area contributed by atoms with E-state index in [1.54, 1.807) is 12.1 Å². The van der Waals surface area contributed by atoms with E-state index in [1.165, 1.54) is 12.1 Å². The second kappa shape index (κ2) is 8.21. The van der Waals surface area contributed by atoms with Crippen LogP contribution >= 0.6 is 0 Å². The predicted molar refractivity (Wildman–Crippen MR) is 101 cm³/mol. The van der Waals surface area contributed by atoms with Gasteiger partial charge in [0.2, 0.25) is 0 Å². The van der Waals surface area contributed by atoms with Crippen molar-refractivity contribution in [2.45, 2.75) is 20.3 Å². The molecule has 0 N–H and O–H groups in total. The number of amides is 1. The first kappa shape index (κ1) is 18.2. The minimum Gasteiger partial charge on any atom is -0.494 e. The van der Waals surface area contributed by atoms with Crippen LogP contribution in [0.3, 0.4) is 0 Å². The maximum absolute atomic E-state index is 13.1. The Bertz CT molecular complexity index is 761. The molecule has 2 aromatic carbocycles. The predicted octanol–water partition coefficient (Wildman–Crippen LogP) is 3.89. The lowest BCUT2D eigenvalue weighted by molar-refractivity contribution is 0.0766. The Morgan fingerprint density at radius 2 is 1.85 bits per heavy atom. The van der Waals surface area contributed by atoms with Crippen LogP contribution in [-0.4, -0.2) is 43.6 Å². The van der Waals surface area contributed by atoms with Crippen LogP contribution < -0.4 is 9.64 Å². The first-order valence-electron chi connectivity index (χ1n) is 9.11. The van der Waals surface area contributed by atoms with Gasteiger partial charge >= 0.3 is 0 Å². The van der Waals surface area contributed by atoms with Gasteiger partial charge in [0.1, 0.15) is 11.6 Å². The van der Waals surface area contributed by atoms with Crippen molar-refractivity contribution < 1.29 is 13.9 Å². The molecule has 138 valence electrons. The Morgan fingerprint density at radius 1 is 1.08 bits per heavy atom. The van der Waals surface area contributed by atoms with Crippen LogP contribution in [-0.2, 0) is 0 Å². The van der Waals surface area contributed by atoms with E-state index in [-0.39, 0.29) is 11.7 Å². The molecule has 0 atom stereocenters. The Labute approximate surface area is 154 Å². The lowest BCUT2D eigenvalue weighted by atomic mass is 10.1. The summed E-state index contributed by atoms with van der Waals surface area (Å²) in [5, 5.41) is 0. The van der Waals surface area contributed by atoms with Gasteiger partial charge in [0.25, 0.3) is 5.91 Å². The van der Waals surface area contributed by atoms with Crippen molar-refractivity contribution in [3.8, 4) is 5.75 Å². The lowest BCUT2D eigenvalue weighted by Crippen LogP contribution is -2.35. The highest BCUT2D eigenvalue weighted by atomic mass is 19.1. The van der Waals surface area contributed by atoms with Crippen molar-refractivity contribution >= 4 is 11.6 Å². The van der Waals surface area contributed by atoms with E-state index >= 15 is 0 Å². The Kier molecular flexibility index (Phi) is 5.76. The Morgan fingerprint density at radius 3 is 2.58 bits per heavy atom. The van der Waals surface area contributed by atoms with Crippen molar-refractivity contribution in [2.24, 2.45) is 0 Å². The van der Waals surface area contributed by atoms with Gasteiger partial charge in [0, 0.05) is 37.4 Å². The zero-order valence-electron chi connectivity index (χ0n) is 15.4. The summed E-state index contributed by atoms with van der Waals surface area (Å²) in [4.78, 5) is 17.0. The molecule has 1 aliphatic rings. The first-order valence-corrected chi connectivity index (χ1v) is 9.11. The van der Waals surface area contributed by atoms with Crippen molar-refractivity contribution in [3.63, 3.8) is 0 Å². The van der Waals surface area contributed by atoms with Gasteiger partial charge in [-0.25, -0.2) is 4.39 Å². The summed E-state index contributed by atoms with van der Waals surface area (Å²) in [7, 11) is 0. The Balaban J connectivity index is 1.69. The SMILES string of the molecule is CCOc1cc(C(=O)N2CCCN(c3ccc(F)cc3)CC2)ccc1C. The zero-order chi connectivity index (χ0) is 18.5. The van der Waals surface area contributed by atoms with Crippen LogP contribution in [0.2, 0.25) is 0 Å². The number of rotatable bonds is 4. The fourth-order valence-electron chi connectivity index (χ4n) is 3.26. The summed E-state index contributed by atoms with van der Waals surface area (Å²) in [6.45, 7) is 7.45. The van der Waals surface area contributed by atoms with Crippen LogP contribution in [0.15, 0.2) is 42.5 Å². The highest BCUT2D eigenvalue weighted by Crippen LogP contribution is 2.22.